The Bertz CT molecular complexity index is 2600. The number of methoxy groups -OCH3 is 2. The summed E-state index contributed by atoms with van der Waals surface area (Å²) in [5, 5.41) is 7.59. The van der Waals surface area contributed by atoms with Crippen LogP contribution in [0.4, 0.5) is 11.4 Å². The molecule has 2 aromatic heterocycles. The lowest BCUT2D eigenvalue weighted by Gasteiger charge is -2.16. The van der Waals surface area contributed by atoms with Crippen LogP contribution < -0.4 is 20.1 Å². The molecule has 0 bridgehead atoms. The summed E-state index contributed by atoms with van der Waals surface area (Å²) in [6.07, 6.45) is 0. The van der Waals surface area contributed by atoms with Gasteiger partial charge in [-0.25, -0.2) is 9.97 Å². The second-order valence-electron chi connectivity index (χ2n) is 12.9. The zero-order chi connectivity index (χ0) is 38.8. The van der Waals surface area contributed by atoms with Gasteiger partial charge < -0.3 is 20.1 Å². The molecule has 0 aliphatic carbocycles. The number of hydrogen-bond acceptors (Lipinski definition) is 6. The Morgan fingerprint density at radius 2 is 0.857 bits per heavy atom. The number of fused-ring (bicyclic) bond motifs is 2. The van der Waals surface area contributed by atoms with Crippen LogP contribution in [0.15, 0.2) is 155 Å². The number of para-hydroxylation sites is 2. The van der Waals surface area contributed by atoms with Gasteiger partial charge in [-0.05, 0) is 83.9 Å². The molecule has 274 valence electrons. The van der Waals surface area contributed by atoms with Crippen LogP contribution in [0.2, 0.25) is 0 Å². The van der Waals surface area contributed by atoms with E-state index in [4.69, 9.17) is 19.4 Å². The van der Waals surface area contributed by atoms with E-state index in [-0.39, 0.29) is 11.8 Å². The third-order valence-corrected chi connectivity index (χ3v) is 10.5. The van der Waals surface area contributed by atoms with Crippen molar-refractivity contribution in [2.45, 2.75) is 0 Å². The number of carbonyl (C=O) groups excluding carboxylic acids is 2. The second-order valence-corrected chi connectivity index (χ2v) is 14.7. The summed E-state index contributed by atoms with van der Waals surface area (Å²) >= 11 is 6.98. The maximum atomic E-state index is 13.9. The fourth-order valence-electron chi connectivity index (χ4n) is 6.59. The molecule has 0 unspecified atom stereocenters. The van der Waals surface area contributed by atoms with E-state index in [0.717, 1.165) is 42.0 Å². The lowest BCUT2D eigenvalue weighted by molar-refractivity contribution is 0.102. The highest BCUT2D eigenvalue weighted by atomic mass is 79.9. The minimum atomic E-state index is -0.291. The number of carbonyl (C=O) groups is 2. The summed E-state index contributed by atoms with van der Waals surface area (Å²) in [5.41, 5.74) is 8.25. The van der Waals surface area contributed by atoms with Crippen LogP contribution in [0.3, 0.4) is 0 Å². The maximum absolute atomic E-state index is 13.9. The molecular formula is C46H32Br2N4O4. The molecule has 8 aromatic rings. The Hall–Kier alpha value is -6.36. The lowest BCUT2D eigenvalue weighted by atomic mass is 10.0. The lowest BCUT2D eigenvalue weighted by Crippen LogP contribution is -2.14. The highest BCUT2D eigenvalue weighted by molar-refractivity contribution is 9.10. The van der Waals surface area contributed by atoms with Crippen LogP contribution in [0, 0.1) is 0 Å². The Balaban J connectivity index is 1.06. The first-order valence-corrected chi connectivity index (χ1v) is 19.2. The maximum Gasteiger partial charge on any atom is 0.256 e. The van der Waals surface area contributed by atoms with Gasteiger partial charge in [0, 0.05) is 30.8 Å². The minimum absolute atomic E-state index is 0.291. The number of anilines is 2. The summed E-state index contributed by atoms with van der Waals surface area (Å²) in [5.74, 6) is 0.371. The largest absolute Gasteiger partial charge is 0.495 e. The number of nitrogens with one attached hydrogen (secondary N) is 2. The number of aromatic nitrogens is 2. The number of rotatable bonds is 9. The van der Waals surface area contributed by atoms with Crippen LogP contribution in [-0.2, 0) is 0 Å². The Kier molecular flexibility index (Phi) is 10.3. The summed E-state index contributed by atoms with van der Waals surface area (Å²) < 4.78 is 13.5. The molecule has 10 heteroatoms. The normalized spacial score (nSPS) is 11.0. The first-order valence-electron chi connectivity index (χ1n) is 17.6. The first-order chi connectivity index (χ1) is 27.3. The molecular weight excluding hydrogens is 832 g/mol. The van der Waals surface area contributed by atoms with Crippen molar-refractivity contribution in [3.8, 4) is 45.1 Å². The second kappa shape index (κ2) is 15.8. The molecule has 0 spiro atoms. The van der Waals surface area contributed by atoms with Crippen molar-refractivity contribution in [2.75, 3.05) is 24.9 Å². The fourth-order valence-corrected chi connectivity index (χ4v) is 7.12. The molecule has 0 aliphatic rings. The summed E-state index contributed by atoms with van der Waals surface area (Å²) in [4.78, 5) is 37.5. The van der Waals surface area contributed by atoms with Crippen LogP contribution >= 0.6 is 31.9 Å². The standard InChI is InChI=1S/C46H32Br2N4O4/c1-55-43-23-29(15-21-39(43)51-45(53)35-25-41(27-11-17-31(47)18-12-27)49-37-9-5-3-7-33(35)37)30-16-22-40(44(24-30)56-2)52-46(54)36-26-42(28-13-19-32(48)20-14-28)50-38-10-6-4-8-34(36)38/h3-26H,1-2H3,(H,51,53)(H,52,54). The minimum Gasteiger partial charge on any atom is -0.495 e. The van der Waals surface area contributed by atoms with Crippen LogP contribution in [0.1, 0.15) is 20.7 Å². The molecule has 0 fully saturated rings. The fraction of sp³-hybridized carbons (Fsp3) is 0.0435. The van der Waals surface area contributed by atoms with Crippen LogP contribution in [-0.4, -0.2) is 36.0 Å². The van der Waals surface area contributed by atoms with Gasteiger partial charge in [0.05, 0.1) is 59.1 Å². The van der Waals surface area contributed by atoms with E-state index >= 15 is 0 Å². The molecule has 0 saturated heterocycles. The molecule has 0 atom stereocenters. The third kappa shape index (κ3) is 7.49. The number of hydrogen-bond donors (Lipinski definition) is 2. The number of pyridine rings is 2. The van der Waals surface area contributed by atoms with Crippen molar-refractivity contribution in [2.24, 2.45) is 0 Å². The predicted octanol–water partition coefficient (Wildman–Crippen LogP) is 11.8. The highest BCUT2D eigenvalue weighted by Crippen LogP contribution is 2.36. The van der Waals surface area contributed by atoms with E-state index < -0.39 is 0 Å². The number of ether oxygens (including phenoxy) is 2. The van der Waals surface area contributed by atoms with E-state index in [9.17, 15) is 9.59 Å². The third-order valence-electron chi connectivity index (χ3n) is 9.43. The molecule has 8 nitrogen and oxygen atoms in total. The number of benzene rings is 6. The van der Waals surface area contributed by atoms with Crippen molar-refractivity contribution < 1.29 is 19.1 Å². The number of nitrogens with zero attached hydrogens (tertiary/aromatic N) is 2. The molecule has 0 radical (unpaired) electrons. The molecule has 56 heavy (non-hydrogen) atoms. The molecule has 8 rings (SSSR count). The van der Waals surface area contributed by atoms with Crippen LogP contribution in [0.25, 0.3) is 55.4 Å². The van der Waals surface area contributed by atoms with Crippen LogP contribution in [0.5, 0.6) is 11.5 Å². The van der Waals surface area contributed by atoms with Crippen molar-refractivity contribution >= 4 is 76.9 Å². The van der Waals surface area contributed by atoms with E-state index in [0.29, 0.717) is 56.4 Å². The van der Waals surface area contributed by atoms with Crippen molar-refractivity contribution in [3.63, 3.8) is 0 Å². The van der Waals surface area contributed by atoms with E-state index in [1.54, 1.807) is 14.2 Å². The zero-order valence-electron chi connectivity index (χ0n) is 30.1. The summed E-state index contributed by atoms with van der Waals surface area (Å²) in [6.45, 7) is 0. The predicted molar refractivity (Wildman–Crippen MR) is 231 cm³/mol. The van der Waals surface area contributed by atoms with Crippen molar-refractivity contribution in [3.05, 3.63) is 166 Å². The Morgan fingerprint density at radius 1 is 0.482 bits per heavy atom. The monoisotopic (exact) mass is 862 g/mol. The Morgan fingerprint density at radius 3 is 1.25 bits per heavy atom. The van der Waals surface area contributed by atoms with Gasteiger partial charge in [-0.3, -0.25) is 9.59 Å². The average molecular weight is 865 g/mol. The Labute approximate surface area is 339 Å². The van der Waals surface area contributed by atoms with Gasteiger partial charge in [0.25, 0.3) is 11.8 Å². The van der Waals surface area contributed by atoms with Gasteiger partial charge in [0.1, 0.15) is 11.5 Å². The number of halogens is 2. The molecule has 0 aliphatic heterocycles. The van der Waals surface area contributed by atoms with Crippen molar-refractivity contribution in [1.82, 2.24) is 9.97 Å². The van der Waals surface area contributed by atoms with Crippen molar-refractivity contribution in [1.29, 1.82) is 0 Å². The summed E-state index contributed by atoms with van der Waals surface area (Å²) in [6, 6.07) is 45.6. The van der Waals surface area contributed by atoms with Gasteiger partial charge in [0.15, 0.2) is 0 Å². The number of amides is 2. The van der Waals surface area contributed by atoms with Gasteiger partial charge in [-0.2, -0.15) is 0 Å². The average Bonchev–Trinajstić information content (AvgIpc) is 3.23. The topological polar surface area (TPSA) is 102 Å². The van der Waals surface area contributed by atoms with Gasteiger partial charge in [-0.1, -0.05) is 105 Å². The zero-order valence-corrected chi connectivity index (χ0v) is 33.3. The molecule has 2 heterocycles. The molecule has 6 aromatic carbocycles. The smallest absolute Gasteiger partial charge is 0.256 e. The first kappa shape index (κ1) is 36.6. The molecule has 2 N–H and O–H groups in total. The summed E-state index contributed by atoms with van der Waals surface area (Å²) in [7, 11) is 3.12. The van der Waals surface area contributed by atoms with Gasteiger partial charge >= 0.3 is 0 Å². The van der Waals surface area contributed by atoms with E-state index in [1.807, 2.05) is 146 Å². The van der Waals surface area contributed by atoms with E-state index in [2.05, 4.69) is 42.5 Å². The van der Waals surface area contributed by atoms with Gasteiger partial charge in [0.2, 0.25) is 0 Å². The highest BCUT2D eigenvalue weighted by Gasteiger charge is 2.19. The quantitative estimate of drug-likeness (QED) is 0.150. The molecule has 0 saturated carbocycles. The SMILES string of the molecule is COc1cc(-c2ccc(NC(=O)c3cc(-c4ccc(Br)cc4)nc4ccccc34)c(OC)c2)ccc1NC(=O)c1cc(-c2ccc(Br)cc2)nc2ccccc12. The molecule has 2 amide bonds. The van der Waals surface area contributed by atoms with Gasteiger partial charge in [-0.15, -0.1) is 0 Å². The van der Waals surface area contributed by atoms with E-state index in [1.165, 1.54) is 0 Å².